The van der Waals surface area contributed by atoms with Crippen molar-refractivity contribution in [1.29, 1.82) is 0 Å². The molecular weight excluding hydrogens is 208 g/mol. The van der Waals surface area contributed by atoms with Gasteiger partial charge in [0.1, 0.15) is 0 Å². The van der Waals surface area contributed by atoms with Crippen LogP contribution >= 0.6 is 0 Å². The standard InChI is InChI=1S/C15H34Si/c1-3-5-6-7-8-9-10-11-12-13-14-15-16-4-2/h3-16H2,1-2H3. The van der Waals surface area contributed by atoms with E-state index in [4.69, 9.17) is 0 Å². The first-order valence-electron chi connectivity index (χ1n) is 7.91. The molecule has 0 N–H and O–H groups in total. The molecule has 0 heterocycles. The van der Waals surface area contributed by atoms with Crippen LogP contribution in [0.2, 0.25) is 12.1 Å². The second-order valence-electron chi connectivity index (χ2n) is 5.24. The minimum Gasteiger partial charge on any atom is -0.0683 e. The van der Waals surface area contributed by atoms with Crippen LogP contribution in [0.15, 0.2) is 0 Å². The normalized spacial score (nSPS) is 11.6. The lowest BCUT2D eigenvalue weighted by molar-refractivity contribution is 0.554. The molecule has 0 nitrogen and oxygen atoms in total. The fourth-order valence-electron chi connectivity index (χ4n) is 2.27. The average Bonchev–Trinajstić information content (AvgIpc) is 2.31. The van der Waals surface area contributed by atoms with E-state index in [-0.39, 0.29) is 0 Å². The van der Waals surface area contributed by atoms with E-state index >= 15 is 0 Å². The molecule has 0 aliphatic heterocycles. The van der Waals surface area contributed by atoms with Gasteiger partial charge in [-0.3, -0.25) is 0 Å². The first kappa shape index (κ1) is 16.2. The molecule has 16 heavy (non-hydrogen) atoms. The molecule has 0 spiro atoms. The zero-order valence-corrected chi connectivity index (χ0v) is 13.3. The summed E-state index contributed by atoms with van der Waals surface area (Å²) in [6.45, 7) is 4.65. The highest BCUT2D eigenvalue weighted by atomic mass is 28.2. The van der Waals surface area contributed by atoms with Crippen LogP contribution in [-0.4, -0.2) is 9.52 Å². The Hall–Kier alpha value is 0.217. The van der Waals surface area contributed by atoms with E-state index in [2.05, 4.69) is 13.8 Å². The quantitative estimate of drug-likeness (QED) is 0.303. The Morgan fingerprint density at radius 2 is 1.00 bits per heavy atom. The maximum absolute atomic E-state index is 2.35. The molecule has 0 radical (unpaired) electrons. The minimum absolute atomic E-state index is 0.366. The average molecular weight is 243 g/mol. The van der Waals surface area contributed by atoms with E-state index in [1.54, 1.807) is 6.04 Å². The molecule has 0 aromatic rings. The molecule has 0 saturated heterocycles. The van der Waals surface area contributed by atoms with Gasteiger partial charge >= 0.3 is 0 Å². The third kappa shape index (κ3) is 14.2. The summed E-state index contributed by atoms with van der Waals surface area (Å²) in [4.78, 5) is 0. The van der Waals surface area contributed by atoms with Gasteiger partial charge in [0.2, 0.25) is 0 Å². The Kier molecular flexibility index (Phi) is 15.4. The van der Waals surface area contributed by atoms with Crippen molar-refractivity contribution in [3.8, 4) is 0 Å². The SMILES string of the molecule is CCCCCCCCCCCCC[SiH2]CC. The predicted molar refractivity (Wildman–Crippen MR) is 80.3 cm³/mol. The lowest BCUT2D eigenvalue weighted by Gasteiger charge is -2.02. The number of hydrogen-bond acceptors (Lipinski definition) is 0. The zero-order chi connectivity index (χ0) is 11.9. The van der Waals surface area contributed by atoms with Crippen LogP contribution in [-0.2, 0) is 0 Å². The van der Waals surface area contributed by atoms with Gasteiger partial charge < -0.3 is 0 Å². The number of unbranched alkanes of at least 4 members (excludes halogenated alkanes) is 10. The van der Waals surface area contributed by atoms with Crippen LogP contribution in [0.3, 0.4) is 0 Å². The van der Waals surface area contributed by atoms with Crippen LogP contribution < -0.4 is 0 Å². The Bertz CT molecular complexity index is 98.0. The van der Waals surface area contributed by atoms with Gasteiger partial charge in [0.15, 0.2) is 0 Å². The second-order valence-corrected chi connectivity index (χ2v) is 7.66. The third-order valence-electron chi connectivity index (χ3n) is 3.46. The minimum atomic E-state index is 0.366. The molecule has 0 unspecified atom stereocenters. The summed E-state index contributed by atoms with van der Waals surface area (Å²) < 4.78 is 0. The number of rotatable bonds is 13. The maximum atomic E-state index is 2.35. The van der Waals surface area contributed by atoms with Crippen molar-refractivity contribution in [3.05, 3.63) is 0 Å². The molecule has 98 valence electrons. The van der Waals surface area contributed by atoms with E-state index in [1.165, 1.54) is 76.7 Å². The smallest absolute Gasteiger partial charge is 0.0195 e. The van der Waals surface area contributed by atoms with Gasteiger partial charge in [-0.05, 0) is 0 Å². The molecule has 0 aliphatic rings. The summed E-state index contributed by atoms with van der Waals surface area (Å²) in [5, 5.41) is 0. The summed E-state index contributed by atoms with van der Waals surface area (Å²) in [5.74, 6) is 0. The fourth-order valence-corrected chi connectivity index (χ4v) is 3.47. The Morgan fingerprint density at radius 1 is 0.562 bits per heavy atom. The van der Waals surface area contributed by atoms with Crippen molar-refractivity contribution in [2.75, 3.05) is 0 Å². The lowest BCUT2D eigenvalue weighted by Crippen LogP contribution is -1.86. The third-order valence-corrected chi connectivity index (χ3v) is 5.16. The molecule has 0 rings (SSSR count). The molecule has 0 aromatic heterocycles. The van der Waals surface area contributed by atoms with Gasteiger partial charge in [0, 0.05) is 9.52 Å². The Morgan fingerprint density at radius 3 is 1.44 bits per heavy atom. The molecule has 0 aliphatic carbocycles. The van der Waals surface area contributed by atoms with Crippen molar-refractivity contribution in [2.24, 2.45) is 0 Å². The first-order chi connectivity index (χ1) is 7.91. The van der Waals surface area contributed by atoms with Crippen LogP contribution in [0.5, 0.6) is 0 Å². The zero-order valence-electron chi connectivity index (χ0n) is 11.9. The van der Waals surface area contributed by atoms with Gasteiger partial charge in [-0.25, -0.2) is 0 Å². The summed E-state index contributed by atoms with van der Waals surface area (Å²) in [7, 11) is 0.366. The molecular formula is C15H34Si. The van der Waals surface area contributed by atoms with Crippen molar-refractivity contribution < 1.29 is 0 Å². The monoisotopic (exact) mass is 242 g/mol. The van der Waals surface area contributed by atoms with Crippen LogP contribution in [0.1, 0.15) is 84.5 Å². The summed E-state index contributed by atoms with van der Waals surface area (Å²) in [6, 6.07) is 3.12. The Balaban J connectivity index is 2.83. The maximum Gasteiger partial charge on any atom is 0.0195 e. The highest BCUT2D eigenvalue weighted by molar-refractivity contribution is 6.35. The number of hydrogen-bond donors (Lipinski definition) is 0. The van der Waals surface area contributed by atoms with Gasteiger partial charge in [-0.15, -0.1) is 0 Å². The van der Waals surface area contributed by atoms with Gasteiger partial charge in [-0.1, -0.05) is 96.6 Å². The van der Waals surface area contributed by atoms with Crippen molar-refractivity contribution in [3.63, 3.8) is 0 Å². The predicted octanol–water partition coefficient (Wildman–Crippen LogP) is 5.32. The van der Waals surface area contributed by atoms with Gasteiger partial charge in [0.05, 0.1) is 0 Å². The van der Waals surface area contributed by atoms with Gasteiger partial charge in [-0.2, -0.15) is 0 Å². The van der Waals surface area contributed by atoms with E-state index in [0.29, 0.717) is 9.52 Å². The molecule has 0 fully saturated rings. The van der Waals surface area contributed by atoms with Crippen molar-refractivity contribution in [2.45, 2.75) is 96.6 Å². The second kappa shape index (κ2) is 15.2. The molecule has 0 saturated carbocycles. The van der Waals surface area contributed by atoms with Crippen LogP contribution in [0.4, 0.5) is 0 Å². The van der Waals surface area contributed by atoms with Crippen LogP contribution in [0.25, 0.3) is 0 Å². The lowest BCUT2D eigenvalue weighted by atomic mass is 10.1. The summed E-state index contributed by atoms with van der Waals surface area (Å²) >= 11 is 0. The first-order valence-corrected chi connectivity index (χ1v) is 9.91. The topological polar surface area (TPSA) is 0 Å². The van der Waals surface area contributed by atoms with E-state index in [0.717, 1.165) is 0 Å². The van der Waals surface area contributed by atoms with E-state index in [1.807, 2.05) is 0 Å². The van der Waals surface area contributed by atoms with Crippen molar-refractivity contribution in [1.82, 2.24) is 0 Å². The van der Waals surface area contributed by atoms with Gasteiger partial charge in [0.25, 0.3) is 0 Å². The highest BCUT2D eigenvalue weighted by Crippen LogP contribution is 2.11. The molecule has 0 amide bonds. The van der Waals surface area contributed by atoms with E-state index < -0.39 is 0 Å². The highest BCUT2D eigenvalue weighted by Gasteiger charge is 1.93. The molecule has 0 aromatic carbocycles. The summed E-state index contributed by atoms with van der Waals surface area (Å²) in [5.41, 5.74) is 0. The van der Waals surface area contributed by atoms with E-state index in [9.17, 15) is 0 Å². The fraction of sp³-hybridized carbons (Fsp3) is 1.00. The Labute approximate surface area is 106 Å². The molecule has 0 bridgehead atoms. The van der Waals surface area contributed by atoms with Crippen molar-refractivity contribution >= 4 is 9.52 Å². The summed E-state index contributed by atoms with van der Waals surface area (Å²) in [6.07, 6.45) is 16.3. The molecule has 0 atom stereocenters. The molecule has 1 heteroatoms. The van der Waals surface area contributed by atoms with Crippen LogP contribution in [0, 0.1) is 0 Å². The largest absolute Gasteiger partial charge is 0.0683 e.